The maximum Gasteiger partial charge on any atom is 0.306 e. The minimum absolute atomic E-state index is 0.207. The summed E-state index contributed by atoms with van der Waals surface area (Å²) in [6, 6.07) is 0. The predicted molar refractivity (Wildman–Crippen MR) is 209 cm³/mol. The van der Waals surface area contributed by atoms with Crippen LogP contribution in [0.25, 0.3) is 0 Å². The van der Waals surface area contributed by atoms with Crippen LogP contribution in [0.5, 0.6) is 0 Å². The Kier molecular flexibility index (Phi) is 38.2. The quantitative estimate of drug-likeness (QED) is 0.0422. The van der Waals surface area contributed by atoms with Gasteiger partial charge in [-0.15, -0.1) is 0 Å². The topological polar surface area (TPSA) is 55.8 Å². The number of hydrogen-bond donors (Lipinski definition) is 1. The normalized spacial score (nSPS) is 13.5. The number of aliphatic hydroxyl groups is 1. The zero-order valence-corrected chi connectivity index (χ0v) is 31.0. The van der Waals surface area contributed by atoms with Gasteiger partial charge in [0.2, 0.25) is 0 Å². The Bertz CT molecular complexity index is 918. The van der Waals surface area contributed by atoms with Gasteiger partial charge in [-0.25, -0.2) is 0 Å². The van der Waals surface area contributed by atoms with Crippen LogP contribution in [0.3, 0.4) is 0 Å². The lowest BCUT2D eigenvalue weighted by molar-refractivity contribution is -0.154. The Labute approximate surface area is 296 Å². The number of rotatable bonds is 34. The molecule has 0 fully saturated rings. The number of aliphatic hydroxyl groups excluding tert-OH is 1. The number of hydrogen-bond acceptors (Lipinski definition) is 4. The van der Waals surface area contributed by atoms with Gasteiger partial charge in [-0.1, -0.05) is 150 Å². The van der Waals surface area contributed by atoms with Crippen LogP contribution in [-0.4, -0.2) is 37.0 Å². The van der Waals surface area contributed by atoms with Crippen molar-refractivity contribution >= 4 is 5.97 Å². The molecule has 272 valence electrons. The summed E-state index contributed by atoms with van der Waals surface area (Å²) in [4.78, 5) is 12.2. The maximum atomic E-state index is 12.2. The molecule has 4 heteroatoms. The highest BCUT2D eigenvalue weighted by molar-refractivity contribution is 5.69. The number of carbonyl (C=O) groups excluding carboxylic acids is 1. The van der Waals surface area contributed by atoms with Gasteiger partial charge in [0.15, 0.2) is 0 Å². The first kappa shape index (κ1) is 45.3. The Hall–Kier alpha value is -2.69. The zero-order valence-electron chi connectivity index (χ0n) is 31.0. The van der Waals surface area contributed by atoms with Crippen molar-refractivity contribution in [3.8, 4) is 0 Å². The second-order valence-electron chi connectivity index (χ2n) is 12.3. The van der Waals surface area contributed by atoms with Crippen LogP contribution >= 0.6 is 0 Å². The van der Waals surface area contributed by atoms with E-state index in [-0.39, 0.29) is 19.2 Å². The van der Waals surface area contributed by atoms with E-state index in [4.69, 9.17) is 9.47 Å². The second kappa shape index (κ2) is 40.5. The Morgan fingerprint density at radius 1 is 0.521 bits per heavy atom. The van der Waals surface area contributed by atoms with Crippen LogP contribution in [0.1, 0.15) is 149 Å². The molecule has 0 radical (unpaired) electrons. The van der Waals surface area contributed by atoms with Crippen molar-refractivity contribution in [1.82, 2.24) is 0 Å². The smallest absolute Gasteiger partial charge is 0.306 e. The molecule has 0 saturated heterocycles. The van der Waals surface area contributed by atoms with Gasteiger partial charge < -0.3 is 14.6 Å². The third-order valence-electron chi connectivity index (χ3n) is 7.64. The molecule has 48 heavy (non-hydrogen) atoms. The molecule has 1 atom stereocenters. The van der Waals surface area contributed by atoms with Gasteiger partial charge in [-0.05, 0) is 89.9 Å². The molecule has 0 rings (SSSR count). The van der Waals surface area contributed by atoms with Crippen LogP contribution in [-0.2, 0) is 14.3 Å². The number of unbranched alkanes of at least 4 members (excludes halogenated alkanes) is 10. The fourth-order valence-electron chi connectivity index (χ4n) is 4.78. The Balaban J connectivity index is 3.64. The van der Waals surface area contributed by atoms with Crippen molar-refractivity contribution in [2.45, 2.75) is 155 Å². The summed E-state index contributed by atoms with van der Waals surface area (Å²) in [5.74, 6) is -0.239. The molecule has 0 heterocycles. The predicted octanol–water partition coefficient (Wildman–Crippen LogP) is 12.6. The molecule has 0 bridgehead atoms. The number of carbonyl (C=O) groups is 1. The first-order valence-corrected chi connectivity index (χ1v) is 19.3. The molecule has 0 aromatic rings. The molecule has 0 aliphatic heterocycles. The van der Waals surface area contributed by atoms with E-state index < -0.39 is 6.10 Å². The second-order valence-corrected chi connectivity index (χ2v) is 12.3. The molecular formula is C44H72O4. The van der Waals surface area contributed by atoms with Crippen LogP contribution < -0.4 is 0 Å². The largest absolute Gasteiger partial charge is 0.457 e. The lowest BCUT2D eigenvalue weighted by Gasteiger charge is -2.15. The molecule has 0 aromatic carbocycles. The van der Waals surface area contributed by atoms with E-state index in [0.29, 0.717) is 13.0 Å². The van der Waals surface area contributed by atoms with Crippen LogP contribution in [0.2, 0.25) is 0 Å². The summed E-state index contributed by atoms with van der Waals surface area (Å²) in [5, 5.41) is 9.56. The lowest BCUT2D eigenvalue weighted by atomic mass is 10.1. The third kappa shape index (κ3) is 37.8. The highest BCUT2D eigenvalue weighted by atomic mass is 16.6. The molecular weight excluding hydrogens is 592 g/mol. The maximum absolute atomic E-state index is 12.2. The van der Waals surface area contributed by atoms with Gasteiger partial charge in [0, 0.05) is 13.0 Å². The molecule has 0 aromatic heterocycles. The van der Waals surface area contributed by atoms with Crippen molar-refractivity contribution in [1.29, 1.82) is 0 Å². The first-order valence-electron chi connectivity index (χ1n) is 19.3. The summed E-state index contributed by atoms with van der Waals surface area (Å²) in [5.41, 5.74) is 0. The average molecular weight is 665 g/mol. The van der Waals surface area contributed by atoms with Gasteiger partial charge in [0.25, 0.3) is 0 Å². The fraction of sp³-hybridized carbons (Fsp3) is 0.614. The summed E-state index contributed by atoms with van der Waals surface area (Å²) in [7, 11) is 0. The van der Waals surface area contributed by atoms with Crippen molar-refractivity contribution in [2.24, 2.45) is 0 Å². The van der Waals surface area contributed by atoms with Crippen LogP contribution in [0.15, 0.2) is 97.2 Å². The summed E-state index contributed by atoms with van der Waals surface area (Å²) < 4.78 is 11.1. The molecule has 4 nitrogen and oxygen atoms in total. The van der Waals surface area contributed by atoms with Crippen LogP contribution in [0.4, 0.5) is 0 Å². The monoisotopic (exact) mass is 665 g/mol. The van der Waals surface area contributed by atoms with Crippen molar-refractivity contribution in [3.63, 3.8) is 0 Å². The van der Waals surface area contributed by atoms with E-state index >= 15 is 0 Å². The van der Waals surface area contributed by atoms with E-state index in [1.807, 2.05) is 0 Å². The fourth-order valence-corrected chi connectivity index (χ4v) is 4.78. The molecule has 0 aliphatic rings. The van der Waals surface area contributed by atoms with Gasteiger partial charge in [0.1, 0.15) is 6.10 Å². The van der Waals surface area contributed by atoms with Crippen molar-refractivity contribution in [3.05, 3.63) is 97.2 Å². The molecule has 0 saturated carbocycles. The molecule has 1 unspecified atom stereocenters. The highest BCUT2D eigenvalue weighted by Crippen LogP contribution is 2.10. The van der Waals surface area contributed by atoms with Crippen molar-refractivity contribution in [2.75, 3.05) is 19.8 Å². The lowest BCUT2D eigenvalue weighted by Crippen LogP contribution is -2.27. The summed E-state index contributed by atoms with van der Waals surface area (Å²) >= 11 is 0. The van der Waals surface area contributed by atoms with Crippen molar-refractivity contribution < 1.29 is 19.4 Å². The minimum atomic E-state index is -0.578. The highest BCUT2D eigenvalue weighted by Gasteiger charge is 2.13. The van der Waals surface area contributed by atoms with E-state index in [1.54, 1.807) is 0 Å². The van der Waals surface area contributed by atoms with Crippen LogP contribution in [0, 0.1) is 0 Å². The molecule has 0 aliphatic carbocycles. The Morgan fingerprint density at radius 2 is 0.938 bits per heavy atom. The summed E-state index contributed by atoms with van der Waals surface area (Å²) in [6.45, 7) is 5.03. The van der Waals surface area contributed by atoms with Gasteiger partial charge in [0.05, 0.1) is 13.2 Å². The minimum Gasteiger partial charge on any atom is -0.457 e. The van der Waals surface area contributed by atoms with Gasteiger partial charge in [-0.2, -0.15) is 0 Å². The number of ether oxygens (including phenoxy) is 2. The van der Waals surface area contributed by atoms with E-state index in [9.17, 15) is 9.90 Å². The molecule has 1 N–H and O–H groups in total. The average Bonchev–Trinajstić information content (AvgIpc) is 3.09. The molecule has 0 spiro atoms. The number of allylic oxidation sites excluding steroid dienone is 16. The summed E-state index contributed by atoms with van der Waals surface area (Å²) in [6.07, 6.45) is 57.4. The standard InChI is InChI=1S/C44H72O4/c1-3-5-7-9-11-13-15-17-19-21-22-23-24-26-28-30-32-34-36-38-40-47-42-43(41-45)48-44(46)39-37-35-33-31-29-27-25-20-18-16-14-12-10-8-6-4-2/h5,7,11,13-14,16-17,19-20,22-23,25-26,28,32,34,43,45H,3-4,6,8-10,12,15,18,21,24,27,29-31,33,35-42H2,1-2H3/b7-5-,13-11-,16-14-,19-17-,23-22-,25-20-,28-26-,34-32-. The first-order chi connectivity index (χ1) is 23.7. The Morgan fingerprint density at radius 3 is 1.42 bits per heavy atom. The SMILES string of the molecule is CC/C=C\C/C=C\C/C=C\C/C=C\C/C=C\C/C=C\CCCOCC(CO)OC(=O)CCCCCCC/C=C\C/C=C\CCCCCC. The van der Waals surface area contributed by atoms with Gasteiger partial charge in [-0.3, -0.25) is 4.79 Å². The third-order valence-corrected chi connectivity index (χ3v) is 7.64. The van der Waals surface area contributed by atoms with E-state index in [0.717, 1.165) is 83.5 Å². The van der Waals surface area contributed by atoms with Gasteiger partial charge >= 0.3 is 5.97 Å². The number of esters is 1. The van der Waals surface area contributed by atoms with E-state index in [1.165, 1.54) is 44.9 Å². The molecule has 0 amide bonds. The zero-order chi connectivity index (χ0) is 34.9. The van der Waals surface area contributed by atoms with E-state index in [2.05, 4.69) is 111 Å².